The highest BCUT2D eigenvalue weighted by Gasteiger charge is 2.13. The summed E-state index contributed by atoms with van der Waals surface area (Å²) in [6.07, 6.45) is 0.546. The van der Waals surface area contributed by atoms with E-state index in [0.29, 0.717) is 18.5 Å². The molecule has 2 rings (SSSR count). The van der Waals surface area contributed by atoms with Gasteiger partial charge in [-0.15, -0.1) is 0 Å². The molecule has 0 aliphatic rings. The van der Waals surface area contributed by atoms with Crippen LogP contribution in [0.15, 0.2) is 29.1 Å². The Morgan fingerprint density at radius 3 is 2.41 bits per heavy atom. The van der Waals surface area contributed by atoms with Gasteiger partial charge in [0.2, 0.25) is 0 Å². The number of rotatable bonds is 5. The topological polar surface area (TPSA) is 68.2 Å². The number of aliphatic hydroxyl groups is 1. The molecule has 0 atom stereocenters. The summed E-state index contributed by atoms with van der Waals surface area (Å²) in [6.45, 7) is 6.84. The minimum absolute atomic E-state index is 0.0517. The van der Waals surface area contributed by atoms with Crippen LogP contribution in [0.25, 0.3) is 11.3 Å². The second kappa shape index (κ2) is 6.90. The first-order chi connectivity index (χ1) is 10.5. The van der Waals surface area contributed by atoms with Gasteiger partial charge in [0, 0.05) is 25.3 Å². The Hall–Kier alpha value is -1.91. The van der Waals surface area contributed by atoms with Crippen molar-refractivity contribution in [1.82, 2.24) is 4.57 Å². The highest BCUT2D eigenvalue weighted by atomic mass is 16.3. The van der Waals surface area contributed by atoms with Gasteiger partial charge in [-0.1, -0.05) is 12.1 Å². The number of nitrogens with two attached hydrogens (primary N) is 1. The maximum atomic E-state index is 12.7. The van der Waals surface area contributed by atoms with Gasteiger partial charge in [-0.2, -0.15) is 0 Å². The number of aryl methyl sites for hydroxylation is 3. The Labute approximate surface area is 131 Å². The third kappa shape index (κ3) is 3.13. The zero-order chi connectivity index (χ0) is 16.3. The molecule has 1 heterocycles. The molecule has 2 aromatic rings. The molecule has 0 fully saturated rings. The zero-order valence-electron chi connectivity index (χ0n) is 13.5. The maximum absolute atomic E-state index is 12.7. The first-order valence-electron chi connectivity index (χ1n) is 7.61. The first-order valence-corrected chi connectivity index (χ1v) is 7.61. The molecule has 4 nitrogen and oxygen atoms in total. The van der Waals surface area contributed by atoms with Crippen LogP contribution < -0.4 is 11.3 Å². The van der Waals surface area contributed by atoms with Gasteiger partial charge in [0.25, 0.3) is 5.56 Å². The number of benzene rings is 1. The number of nitrogens with zero attached hydrogens (tertiary/aromatic N) is 1. The highest BCUT2D eigenvalue weighted by molar-refractivity contribution is 5.63. The third-order valence-electron chi connectivity index (χ3n) is 4.17. The van der Waals surface area contributed by atoms with Crippen molar-refractivity contribution in [3.63, 3.8) is 0 Å². The van der Waals surface area contributed by atoms with Gasteiger partial charge in [0.15, 0.2) is 0 Å². The molecule has 0 bridgehead atoms. The Bertz CT molecular complexity index is 733. The second-order valence-corrected chi connectivity index (χ2v) is 5.73. The summed E-state index contributed by atoms with van der Waals surface area (Å²) in [4.78, 5) is 12.7. The van der Waals surface area contributed by atoms with Crippen LogP contribution in [0.1, 0.15) is 28.7 Å². The predicted molar refractivity (Wildman–Crippen MR) is 89.9 cm³/mol. The molecular weight excluding hydrogens is 276 g/mol. The first kappa shape index (κ1) is 16.5. The van der Waals surface area contributed by atoms with Crippen LogP contribution in [-0.4, -0.2) is 16.3 Å². The van der Waals surface area contributed by atoms with Crippen LogP contribution in [0.4, 0.5) is 0 Å². The number of aromatic nitrogens is 1. The van der Waals surface area contributed by atoms with Gasteiger partial charge in [-0.3, -0.25) is 4.79 Å². The summed E-state index contributed by atoms with van der Waals surface area (Å²) in [5, 5.41) is 9.10. The molecule has 1 aromatic heterocycles. The molecule has 0 aliphatic heterocycles. The van der Waals surface area contributed by atoms with Crippen LogP contribution in [0.2, 0.25) is 0 Å². The van der Waals surface area contributed by atoms with E-state index in [-0.39, 0.29) is 18.7 Å². The molecule has 0 saturated carbocycles. The fraction of sp³-hybridized carbons (Fsp3) is 0.389. The lowest BCUT2D eigenvalue weighted by molar-refractivity contribution is 0.279. The quantitative estimate of drug-likeness (QED) is 0.890. The standard InChI is InChI=1S/C18H24N2O2/c1-12-5-6-15(9-13(12)2)17-10-14(3)16(11-19)18(22)20(17)7-4-8-21/h5-6,9-10,21H,4,7-8,11,19H2,1-3H3. The average molecular weight is 300 g/mol. The van der Waals surface area contributed by atoms with E-state index in [9.17, 15) is 4.79 Å². The molecule has 22 heavy (non-hydrogen) atoms. The summed E-state index contributed by atoms with van der Waals surface area (Å²) in [7, 11) is 0. The molecule has 0 saturated heterocycles. The number of pyridine rings is 1. The minimum Gasteiger partial charge on any atom is -0.396 e. The zero-order valence-corrected chi connectivity index (χ0v) is 13.5. The molecule has 4 heteroatoms. The van der Waals surface area contributed by atoms with E-state index in [0.717, 1.165) is 16.8 Å². The van der Waals surface area contributed by atoms with Crippen molar-refractivity contribution in [2.75, 3.05) is 6.61 Å². The van der Waals surface area contributed by atoms with Gasteiger partial charge < -0.3 is 15.4 Å². The summed E-state index contributed by atoms with van der Waals surface area (Å²) in [6, 6.07) is 8.22. The van der Waals surface area contributed by atoms with E-state index in [2.05, 4.69) is 26.0 Å². The molecular formula is C18H24N2O2. The lowest BCUT2D eigenvalue weighted by atomic mass is 10.0. The Morgan fingerprint density at radius 1 is 1.09 bits per heavy atom. The van der Waals surface area contributed by atoms with Crippen LogP contribution in [0.5, 0.6) is 0 Å². The van der Waals surface area contributed by atoms with Gasteiger partial charge >= 0.3 is 0 Å². The minimum atomic E-state index is -0.0517. The summed E-state index contributed by atoms with van der Waals surface area (Å²) < 4.78 is 1.73. The van der Waals surface area contributed by atoms with Crippen LogP contribution >= 0.6 is 0 Å². The monoisotopic (exact) mass is 300 g/mol. The normalized spacial score (nSPS) is 11.0. The van der Waals surface area contributed by atoms with E-state index >= 15 is 0 Å². The van der Waals surface area contributed by atoms with E-state index in [1.165, 1.54) is 11.1 Å². The third-order valence-corrected chi connectivity index (χ3v) is 4.17. The van der Waals surface area contributed by atoms with Crippen molar-refractivity contribution in [2.45, 2.75) is 40.3 Å². The summed E-state index contributed by atoms with van der Waals surface area (Å²) >= 11 is 0. The molecule has 118 valence electrons. The van der Waals surface area contributed by atoms with Crippen LogP contribution in [-0.2, 0) is 13.1 Å². The van der Waals surface area contributed by atoms with Crippen molar-refractivity contribution in [1.29, 1.82) is 0 Å². The molecule has 0 aliphatic carbocycles. The molecule has 0 amide bonds. The molecule has 3 N–H and O–H groups in total. The van der Waals surface area contributed by atoms with Gasteiger partial charge in [0.05, 0.1) is 5.69 Å². The smallest absolute Gasteiger partial charge is 0.255 e. The average Bonchev–Trinajstić information content (AvgIpc) is 2.49. The van der Waals surface area contributed by atoms with Crippen LogP contribution in [0, 0.1) is 20.8 Å². The molecule has 0 unspecified atom stereocenters. The molecule has 0 spiro atoms. The number of hydrogen-bond acceptors (Lipinski definition) is 3. The van der Waals surface area contributed by atoms with Crippen LogP contribution in [0.3, 0.4) is 0 Å². The van der Waals surface area contributed by atoms with E-state index in [4.69, 9.17) is 10.8 Å². The second-order valence-electron chi connectivity index (χ2n) is 5.73. The summed E-state index contributed by atoms with van der Waals surface area (Å²) in [5.41, 5.74) is 11.6. The summed E-state index contributed by atoms with van der Waals surface area (Å²) in [5.74, 6) is 0. The maximum Gasteiger partial charge on any atom is 0.255 e. The lowest BCUT2D eigenvalue weighted by Gasteiger charge is -2.17. The van der Waals surface area contributed by atoms with E-state index in [1.54, 1.807) is 4.57 Å². The van der Waals surface area contributed by atoms with Gasteiger partial charge in [0.1, 0.15) is 0 Å². The predicted octanol–water partition coefficient (Wildman–Crippen LogP) is 2.28. The van der Waals surface area contributed by atoms with Gasteiger partial charge in [-0.05, 0) is 61.6 Å². The largest absolute Gasteiger partial charge is 0.396 e. The van der Waals surface area contributed by atoms with Crippen molar-refractivity contribution in [3.8, 4) is 11.3 Å². The SMILES string of the molecule is Cc1ccc(-c2cc(C)c(CN)c(=O)n2CCCO)cc1C. The number of hydrogen-bond donors (Lipinski definition) is 2. The lowest BCUT2D eigenvalue weighted by Crippen LogP contribution is -2.28. The highest BCUT2D eigenvalue weighted by Crippen LogP contribution is 2.23. The van der Waals surface area contributed by atoms with E-state index in [1.807, 2.05) is 19.1 Å². The fourth-order valence-corrected chi connectivity index (χ4v) is 2.65. The van der Waals surface area contributed by atoms with E-state index < -0.39 is 0 Å². The van der Waals surface area contributed by atoms with Crippen molar-refractivity contribution >= 4 is 0 Å². The van der Waals surface area contributed by atoms with Gasteiger partial charge in [-0.25, -0.2) is 0 Å². The Morgan fingerprint density at radius 2 is 1.82 bits per heavy atom. The molecule has 1 aromatic carbocycles. The molecule has 0 radical (unpaired) electrons. The van der Waals surface area contributed by atoms with Crippen molar-refractivity contribution in [3.05, 3.63) is 56.9 Å². The van der Waals surface area contributed by atoms with Crippen molar-refractivity contribution < 1.29 is 5.11 Å². The number of aliphatic hydroxyl groups excluding tert-OH is 1. The van der Waals surface area contributed by atoms with Crippen molar-refractivity contribution in [2.24, 2.45) is 5.73 Å². The fourth-order valence-electron chi connectivity index (χ4n) is 2.65. The Balaban J connectivity index is 2.67. The Kier molecular flexibility index (Phi) is 5.16.